The van der Waals surface area contributed by atoms with Gasteiger partial charge in [0.1, 0.15) is 5.82 Å². The summed E-state index contributed by atoms with van der Waals surface area (Å²) in [7, 11) is 1.57. The first kappa shape index (κ1) is 15.0. The number of aliphatic hydroxyl groups is 1. The van der Waals surface area contributed by atoms with Crippen molar-refractivity contribution in [2.45, 2.75) is 13.0 Å². The van der Waals surface area contributed by atoms with Gasteiger partial charge in [0.25, 0.3) is 5.91 Å². The fourth-order valence-electron chi connectivity index (χ4n) is 2.05. The summed E-state index contributed by atoms with van der Waals surface area (Å²) in [6.45, 7) is 2.26. The Balaban J connectivity index is 2.08. The van der Waals surface area contributed by atoms with E-state index in [-0.39, 0.29) is 12.5 Å². The summed E-state index contributed by atoms with van der Waals surface area (Å²) in [6.07, 6.45) is 0.942. The van der Waals surface area contributed by atoms with Crippen LogP contribution < -0.4 is 10.6 Å². The van der Waals surface area contributed by atoms with Gasteiger partial charge in [-0.05, 0) is 24.6 Å². The minimum atomic E-state index is -0.663. The van der Waals surface area contributed by atoms with Crippen LogP contribution in [-0.2, 0) is 0 Å². The normalized spacial score (nSPS) is 11.8. The zero-order valence-electron chi connectivity index (χ0n) is 12.1. The molecule has 5 nitrogen and oxygen atoms in total. The lowest BCUT2D eigenvalue weighted by atomic mass is 10.1. The highest BCUT2D eigenvalue weighted by molar-refractivity contribution is 5.98. The molecule has 0 saturated carbocycles. The summed E-state index contributed by atoms with van der Waals surface area (Å²) < 4.78 is 0. The molecule has 1 amide bonds. The van der Waals surface area contributed by atoms with Gasteiger partial charge in [-0.3, -0.25) is 4.79 Å². The standard InChI is InChI=1S/C16H19N3O2/c1-11-5-3-6-12(9-11)14(20)10-19-15-13(16(21)17-2)7-4-8-18-15/h3-9,14,20H,10H2,1-2H3,(H,17,21)(H,18,19). The van der Waals surface area contributed by atoms with Gasteiger partial charge in [-0.15, -0.1) is 0 Å². The number of benzene rings is 1. The highest BCUT2D eigenvalue weighted by Gasteiger charge is 2.13. The summed E-state index contributed by atoms with van der Waals surface area (Å²) in [5.41, 5.74) is 2.38. The van der Waals surface area contributed by atoms with Crippen molar-refractivity contribution in [3.63, 3.8) is 0 Å². The van der Waals surface area contributed by atoms with Crippen LogP contribution in [0.4, 0.5) is 5.82 Å². The minimum Gasteiger partial charge on any atom is -0.387 e. The molecular weight excluding hydrogens is 266 g/mol. The number of carbonyl (C=O) groups excluding carboxylic acids is 1. The number of nitrogens with zero attached hydrogens (tertiary/aromatic N) is 1. The molecule has 0 bridgehead atoms. The van der Waals surface area contributed by atoms with Crippen LogP contribution in [0.3, 0.4) is 0 Å². The van der Waals surface area contributed by atoms with Gasteiger partial charge in [-0.25, -0.2) is 4.98 Å². The van der Waals surface area contributed by atoms with Crippen LogP contribution in [0.2, 0.25) is 0 Å². The lowest BCUT2D eigenvalue weighted by Gasteiger charge is -2.15. The molecule has 1 aromatic heterocycles. The number of aromatic nitrogens is 1. The third-order valence-corrected chi connectivity index (χ3v) is 3.17. The Morgan fingerprint density at radius 2 is 2.14 bits per heavy atom. The monoisotopic (exact) mass is 285 g/mol. The molecule has 2 aromatic rings. The molecular formula is C16H19N3O2. The number of pyridine rings is 1. The molecule has 1 heterocycles. The molecule has 1 atom stereocenters. The number of hydrogen-bond donors (Lipinski definition) is 3. The maximum atomic E-state index is 11.7. The largest absolute Gasteiger partial charge is 0.387 e. The fraction of sp³-hybridized carbons (Fsp3) is 0.250. The van der Waals surface area contributed by atoms with Gasteiger partial charge < -0.3 is 15.7 Å². The second kappa shape index (κ2) is 6.85. The molecule has 1 unspecified atom stereocenters. The number of nitrogens with one attached hydrogen (secondary N) is 2. The first-order valence-electron chi connectivity index (χ1n) is 6.77. The van der Waals surface area contributed by atoms with Crippen molar-refractivity contribution in [1.29, 1.82) is 0 Å². The van der Waals surface area contributed by atoms with Crippen LogP contribution >= 0.6 is 0 Å². The number of carbonyl (C=O) groups is 1. The van der Waals surface area contributed by atoms with Crippen molar-refractivity contribution in [3.05, 3.63) is 59.3 Å². The molecule has 1 aromatic carbocycles. The van der Waals surface area contributed by atoms with Crippen molar-refractivity contribution in [2.75, 3.05) is 18.9 Å². The average molecular weight is 285 g/mol. The third-order valence-electron chi connectivity index (χ3n) is 3.17. The second-order valence-electron chi connectivity index (χ2n) is 4.79. The number of amides is 1. The number of aryl methyl sites for hydroxylation is 1. The molecule has 5 heteroatoms. The molecule has 2 rings (SSSR count). The molecule has 0 saturated heterocycles. The quantitative estimate of drug-likeness (QED) is 0.784. The van der Waals surface area contributed by atoms with E-state index in [4.69, 9.17) is 0 Å². The Labute approximate surface area is 124 Å². The number of anilines is 1. The Hall–Kier alpha value is -2.40. The molecule has 3 N–H and O–H groups in total. The van der Waals surface area contributed by atoms with E-state index in [2.05, 4.69) is 15.6 Å². The molecule has 110 valence electrons. The molecule has 21 heavy (non-hydrogen) atoms. The molecule has 0 spiro atoms. The molecule has 0 fully saturated rings. The van der Waals surface area contributed by atoms with Crippen LogP contribution in [0, 0.1) is 6.92 Å². The Kier molecular flexibility index (Phi) is 4.90. The minimum absolute atomic E-state index is 0.212. The lowest BCUT2D eigenvalue weighted by Crippen LogP contribution is -2.21. The Bertz CT molecular complexity index is 628. The van der Waals surface area contributed by atoms with Gasteiger partial charge >= 0.3 is 0 Å². The van der Waals surface area contributed by atoms with Crippen molar-refractivity contribution in [1.82, 2.24) is 10.3 Å². The predicted molar refractivity (Wildman–Crippen MR) is 82.3 cm³/mol. The van der Waals surface area contributed by atoms with E-state index in [1.165, 1.54) is 0 Å². The Morgan fingerprint density at radius 3 is 2.86 bits per heavy atom. The van der Waals surface area contributed by atoms with E-state index in [0.29, 0.717) is 11.4 Å². The van der Waals surface area contributed by atoms with Crippen LogP contribution in [0.15, 0.2) is 42.6 Å². The van der Waals surface area contributed by atoms with Gasteiger partial charge in [0.15, 0.2) is 0 Å². The van der Waals surface area contributed by atoms with E-state index in [9.17, 15) is 9.90 Å². The van der Waals surface area contributed by atoms with Crippen LogP contribution in [0.1, 0.15) is 27.6 Å². The van der Waals surface area contributed by atoms with Crippen molar-refractivity contribution >= 4 is 11.7 Å². The highest BCUT2D eigenvalue weighted by Crippen LogP contribution is 2.17. The maximum Gasteiger partial charge on any atom is 0.254 e. The van der Waals surface area contributed by atoms with E-state index in [1.54, 1.807) is 25.4 Å². The first-order chi connectivity index (χ1) is 10.1. The van der Waals surface area contributed by atoms with Gasteiger partial charge in [-0.1, -0.05) is 29.8 Å². The lowest BCUT2D eigenvalue weighted by molar-refractivity contribution is 0.0963. The Morgan fingerprint density at radius 1 is 1.33 bits per heavy atom. The molecule has 0 aliphatic carbocycles. The predicted octanol–water partition coefficient (Wildman–Crippen LogP) is 1.90. The van der Waals surface area contributed by atoms with Crippen LogP contribution in [0.5, 0.6) is 0 Å². The maximum absolute atomic E-state index is 11.7. The van der Waals surface area contributed by atoms with Gasteiger partial charge in [0, 0.05) is 19.8 Å². The molecule has 0 aliphatic heterocycles. The second-order valence-corrected chi connectivity index (χ2v) is 4.79. The topological polar surface area (TPSA) is 74.2 Å². The van der Waals surface area contributed by atoms with Gasteiger partial charge in [0.05, 0.1) is 11.7 Å². The van der Waals surface area contributed by atoms with Gasteiger partial charge in [-0.2, -0.15) is 0 Å². The van der Waals surface area contributed by atoms with Crippen LogP contribution in [-0.4, -0.2) is 29.6 Å². The van der Waals surface area contributed by atoms with E-state index >= 15 is 0 Å². The highest BCUT2D eigenvalue weighted by atomic mass is 16.3. The summed E-state index contributed by atoms with van der Waals surface area (Å²) in [6, 6.07) is 11.1. The van der Waals surface area contributed by atoms with E-state index in [1.807, 2.05) is 31.2 Å². The van der Waals surface area contributed by atoms with Crippen molar-refractivity contribution in [2.24, 2.45) is 0 Å². The number of hydrogen-bond acceptors (Lipinski definition) is 4. The van der Waals surface area contributed by atoms with Crippen LogP contribution in [0.25, 0.3) is 0 Å². The number of rotatable bonds is 5. The summed E-state index contributed by atoms with van der Waals surface area (Å²) >= 11 is 0. The summed E-state index contributed by atoms with van der Waals surface area (Å²) in [5, 5.41) is 15.8. The first-order valence-corrected chi connectivity index (χ1v) is 6.77. The van der Waals surface area contributed by atoms with Crippen molar-refractivity contribution in [3.8, 4) is 0 Å². The fourth-order valence-corrected chi connectivity index (χ4v) is 2.05. The SMILES string of the molecule is CNC(=O)c1cccnc1NCC(O)c1cccc(C)c1. The zero-order chi connectivity index (χ0) is 15.2. The van der Waals surface area contributed by atoms with E-state index < -0.39 is 6.10 Å². The zero-order valence-corrected chi connectivity index (χ0v) is 12.1. The molecule has 0 radical (unpaired) electrons. The van der Waals surface area contributed by atoms with E-state index in [0.717, 1.165) is 11.1 Å². The van der Waals surface area contributed by atoms with Crippen molar-refractivity contribution < 1.29 is 9.90 Å². The number of aliphatic hydroxyl groups excluding tert-OH is 1. The molecule has 0 aliphatic rings. The third kappa shape index (κ3) is 3.79. The smallest absolute Gasteiger partial charge is 0.254 e. The average Bonchev–Trinajstić information content (AvgIpc) is 2.52. The summed E-state index contributed by atoms with van der Waals surface area (Å²) in [4.78, 5) is 15.9. The summed E-state index contributed by atoms with van der Waals surface area (Å²) in [5.74, 6) is 0.249. The van der Waals surface area contributed by atoms with Gasteiger partial charge in [0.2, 0.25) is 0 Å².